The van der Waals surface area contributed by atoms with Gasteiger partial charge in [0.05, 0.1) is 78.5 Å². The molecule has 2 aliphatic heterocycles. The molecule has 11 N–H and O–H groups in total. The van der Waals surface area contributed by atoms with Gasteiger partial charge in [-0.25, -0.2) is 32.6 Å². The summed E-state index contributed by atoms with van der Waals surface area (Å²) in [5, 5.41) is 10.3. The third kappa shape index (κ3) is 24.7. The first-order chi connectivity index (χ1) is 39.3. The van der Waals surface area contributed by atoms with Crippen LogP contribution in [0.2, 0.25) is 0 Å². The maximum Gasteiger partial charge on any atom is 0.697 e. The van der Waals surface area contributed by atoms with Crippen LogP contribution in [0.25, 0.3) is 11.2 Å². The molecule has 5 heterocycles. The highest BCUT2D eigenvalue weighted by atomic mass is 32.5. The number of phosphoric ester groups is 5. The van der Waals surface area contributed by atoms with Crippen LogP contribution in [0.4, 0.5) is 5.95 Å². The van der Waals surface area contributed by atoms with Gasteiger partial charge in [-0.05, 0) is 50.8 Å². The van der Waals surface area contributed by atoms with E-state index >= 15 is 0 Å². The predicted octanol–water partition coefficient (Wildman–Crippen LogP) is 2.90. The number of imidazole rings is 1. The lowest BCUT2D eigenvalue weighted by Gasteiger charge is -2.25. The van der Waals surface area contributed by atoms with Crippen LogP contribution in [-0.2, 0) is 107 Å². The summed E-state index contributed by atoms with van der Waals surface area (Å²) in [7, 11) is -26.3. The molecule has 0 saturated carbocycles. The lowest BCUT2D eigenvalue weighted by atomic mass is 10.2. The second-order valence-corrected chi connectivity index (χ2v) is 30.3. The molecule has 46 heteroatoms. The van der Waals surface area contributed by atoms with Crippen LogP contribution in [-0.4, -0.2) is 173 Å². The van der Waals surface area contributed by atoms with E-state index in [-0.39, 0.29) is 87.4 Å². The first-order valence-electron chi connectivity index (χ1n) is 25.1. The fourth-order valence-corrected chi connectivity index (χ4v) is 12.7. The number of aliphatic hydroxyl groups excluding tert-OH is 1. The van der Waals surface area contributed by atoms with Crippen molar-refractivity contribution in [2.24, 2.45) is 0 Å². The van der Waals surface area contributed by atoms with E-state index in [1.807, 2.05) is 0 Å². The summed E-state index contributed by atoms with van der Waals surface area (Å²) < 4.78 is 152. The van der Waals surface area contributed by atoms with Gasteiger partial charge < -0.3 is 54.2 Å². The Hall–Kier alpha value is -2.15. The number of ether oxygens (including phenoxy) is 2. The van der Waals surface area contributed by atoms with E-state index in [1.54, 1.807) is 13.8 Å². The van der Waals surface area contributed by atoms with Gasteiger partial charge in [0.2, 0.25) is 5.95 Å². The molecule has 480 valence electrons. The fraction of sp³-hybridized carbons (Fsp3) is 0.763. The van der Waals surface area contributed by atoms with E-state index in [2.05, 4.69) is 19.9 Å². The Labute approximate surface area is 482 Å². The highest BCUT2D eigenvalue weighted by Crippen LogP contribution is 2.52. The normalized spacial score (nSPS) is 23.9. The van der Waals surface area contributed by atoms with E-state index < -0.39 is 173 Å². The van der Waals surface area contributed by atoms with E-state index in [0.29, 0.717) is 0 Å². The highest BCUT2D eigenvalue weighted by Gasteiger charge is 2.44. The van der Waals surface area contributed by atoms with Gasteiger partial charge >= 0.3 is 53.1 Å². The largest absolute Gasteiger partial charge is 0.697 e. The van der Waals surface area contributed by atoms with Crippen molar-refractivity contribution in [3.8, 4) is 0 Å². The van der Waals surface area contributed by atoms with Crippen molar-refractivity contribution < 1.29 is 130 Å². The molecule has 3 aromatic rings. The molecule has 0 radical (unpaired) electrons. The number of aromatic nitrogens is 6. The van der Waals surface area contributed by atoms with E-state index in [1.165, 1.54) is 24.0 Å². The first-order valence-corrected chi connectivity index (χ1v) is 36.4. The molecule has 38 nitrogen and oxygen atoms in total. The lowest BCUT2D eigenvalue weighted by Crippen LogP contribution is -2.33. The van der Waals surface area contributed by atoms with Gasteiger partial charge in [-0.3, -0.25) is 73.9 Å². The third-order valence-corrected chi connectivity index (χ3v) is 20.5. The number of nitrogens with one attached hydrogen (secondary N) is 2. The summed E-state index contributed by atoms with van der Waals surface area (Å²) in [6.45, 7) is -3.97. The van der Waals surface area contributed by atoms with Crippen molar-refractivity contribution in [2.45, 2.75) is 108 Å². The Bertz CT molecular complexity index is 3130. The standard InChI is InChI=1S/C38H66N7O31P7S/c1-25(2)78(51,84)73-23-30-28(20-32(75-30)45-24-40-33-34(45)41-37(39)42-36(33)48)76-83(60,61)72-18-8-17-71-82(58,59)70-16-7-15-69-81(56,57)68-14-6-13-67-80(54,55)66-12-5-11-65-79(52,53)64-10-4-9-62-77(50)63-22-29-27(46)19-31(74-29)44-21-26(3)35(47)43-38(44)49/h21,24-25,27-32,46H,4-20,22-23H2,1-3H3,(H9-,39,41,42,43,47,48,49,51,52,53,54,55,56,57,58,59,60,61,84)/p+1/t27?,28?,29-,30?,31-,32?,78?/m0/s1. The number of H-pyrrole nitrogens is 2. The molecule has 2 saturated heterocycles. The Morgan fingerprint density at radius 2 is 1.11 bits per heavy atom. The number of anilines is 1. The van der Waals surface area contributed by atoms with E-state index in [9.17, 15) is 76.2 Å². The molecule has 0 amide bonds. The molecule has 13 atom stereocenters. The van der Waals surface area contributed by atoms with Crippen molar-refractivity contribution in [1.82, 2.24) is 29.1 Å². The SMILES string of the molecule is Cc1cn([C@@H]2CC(O)[C@H](CO[P+](=O)OCCCOP(=O)(O)OCCCOP(=O)(O)OCCCOP(=O)(O)OCCCOP(=O)(O)OCCCOP(=O)(O)OC3CC(n4cnc5c(=O)[nH]c(N)nc54)OC3COP(O)(=S)C(C)C)O2)c(=O)[nH]c1=O. The third-order valence-electron chi connectivity index (χ3n) is 11.2. The fourth-order valence-electron chi connectivity index (χ4n) is 7.03. The minimum atomic E-state index is -4.88. The molecule has 2 aliphatic rings. The van der Waals surface area contributed by atoms with Crippen molar-refractivity contribution in [3.63, 3.8) is 0 Å². The summed E-state index contributed by atoms with van der Waals surface area (Å²) in [5.41, 5.74) is 3.56. The number of nitrogen functional groups attached to an aromatic ring is 1. The maximum absolute atomic E-state index is 13.0. The monoisotopic (exact) mass is 1370 g/mol. The first kappa shape index (κ1) is 72.6. The zero-order valence-electron chi connectivity index (χ0n) is 45.0. The molecule has 2 fully saturated rings. The van der Waals surface area contributed by atoms with Gasteiger partial charge in [-0.2, -0.15) is 4.98 Å². The predicted molar refractivity (Wildman–Crippen MR) is 289 cm³/mol. The number of fused-ring (bicyclic) bond motifs is 1. The quantitative estimate of drug-likeness (QED) is 0.0288. The second-order valence-electron chi connectivity index (χ2n) is 18.1. The van der Waals surface area contributed by atoms with Crippen LogP contribution < -0.4 is 22.5 Å². The number of rotatable bonds is 41. The number of aromatic amines is 2. The number of nitrogens with zero attached hydrogens (tertiary/aromatic N) is 4. The maximum atomic E-state index is 13.0. The number of phosphoric acid groups is 5. The summed E-state index contributed by atoms with van der Waals surface area (Å²) >= 11 is 5.19. The Morgan fingerprint density at radius 3 is 1.60 bits per heavy atom. The van der Waals surface area contributed by atoms with Crippen molar-refractivity contribution in [3.05, 3.63) is 49.3 Å². The molecule has 11 unspecified atom stereocenters. The molecule has 0 bridgehead atoms. The van der Waals surface area contributed by atoms with Crippen LogP contribution in [0.5, 0.6) is 0 Å². The zero-order chi connectivity index (χ0) is 62.1. The molecular weight excluding hydrogens is 1300 g/mol. The summed E-state index contributed by atoms with van der Waals surface area (Å²) in [6, 6.07) is 0. The number of aryl methyl sites for hydroxylation is 1. The number of aliphatic hydroxyl groups is 1. The van der Waals surface area contributed by atoms with Gasteiger partial charge in [0.25, 0.3) is 11.1 Å². The Morgan fingerprint density at radius 1 is 0.655 bits per heavy atom. The minimum absolute atomic E-state index is 0.0155. The average molecular weight is 1370 g/mol. The molecular formula is C38H67N7O31P7S+. The smallest absolute Gasteiger partial charge is 0.390 e. The summed E-state index contributed by atoms with van der Waals surface area (Å²) in [4.78, 5) is 109. The lowest BCUT2D eigenvalue weighted by molar-refractivity contribution is -0.0420. The molecule has 0 aliphatic carbocycles. The van der Waals surface area contributed by atoms with Crippen molar-refractivity contribution in [2.75, 3.05) is 85.0 Å². The van der Waals surface area contributed by atoms with Crippen LogP contribution in [0.3, 0.4) is 0 Å². The van der Waals surface area contributed by atoms with Crippen LogP contribution in [0.1, 0.15) is 76.8 Å². The summed E-state index contributed by atoms with van der Waals surface area (Å²) in [6.07, 6.45) is -4.80. The molecule has 3 aromatic heterocycles. The average Bonchev–Trinajstić information content (AvgIpc) is 2.16. The van der Waals surface area contributed by atoms with Crippen LogP contribution in [0, 0.1) is 6.92 Å². The number of hydrogen-bond donors (Lipinski definition) is 10. The second kappa shape index (κ2) is 33.1. The van der Waals surface area contributed by atoms with Gasteiger partial charge in [0.1, 0.15) is 44.0 Å². The molecule has 0 aromatic carbocycles. The van der Waals surface area contributed by atoms with Crippen molar-refractivity contribution >= 4 is 82.8 Å². The van der Waals surface area contributed by atoms with Gasteiger partial charge in [-0.15, -0.1) is 9.05 Å². The van der Waals surface area contributed by atoms with Gasteiger partial charge in [0.15, 0.2) is 17.7 Å². The van der Waals surface area contributed by atoms with Gasteiger partial charge in [0, 0.05) is 34.8 Å². The highest BCUT2D eigenvalue weighted by molar-refractivity contribution is 8.09. The van der Waals surface area contributed by atoms with E-state index in [4.69, 9.17) is 85.8 Å². The van der Waals surface area contributed by atoms with E-state index in [0.717, 1.165) is 4.57 Å². The van der Waals surface area contributed by atoms with Crippen LogP contribution >= 0.6 is 53.9 Å². The molecule has 0 spiro atoms. The Kier molecular flexibility index (Phi) is 28.6. The van der Waals surface area contributed by atoms with Gasteiger partial charge in [-0.1, -0.05) is 13.8 Å². The topological polar surface area (TPSA) is 527 Å². The summed E-state index contributed by atoms with van der Waals surface area (Å²) in [5.74, 6) is -0.208. The molecule has 84 heavy (non-hydrogen) atoms. The number of nitrogens with two attached hydrogens (primary N) is 1. The Balaban J connectivity index is 0.855. The van der Waals surface area contributed by atoms with Crippen molar-refractivity contribution in [1.29, 1.82) is 0 Å². The molecule has 5 rings (SSSR count). The minimum Gasteiger partial charge on any atom is -0.390 e. The van der Waals surface area contributed by atoms with Crippen LogP contribution in [0.15, 0.2) is 26.9 Å². The number of hydrogen-bond acceptors (Lipinski definition) is 29. The zero-order valence-corrected chi connectivity index (χ0v) is 52.0.